The number of aliphatic hydroxyl groups excluding tert-OH is 1. The Morgan fingerprint density at radius 1 is 1.41 bits per heavy atom. The van der Waals surface area contributed by atoms with Gasteiger partial charge in [0.05, 0.1) is 6.10 Å². The van der Waals surface area contributed by atoms with Gasteiger partial charge in [-0.25, -0.2) is 4.79 Å². The molecule has 3 N–H and O–H groups in total. The molecule has 1 atom stereocenters. The molecular formula is C13H26N2O2. The number of aliphatic hydroxyl groups is 1. The monoisotopic (exact) mass is 242 g/mol. The summed E-state index contributed by atoms with van der Waals surface area (Å²) in [6.45, 7) is 8.98. The van der Waals surface area contributed by atoms with Gasteiger partial charge in [-0.15, -0.1) is 0 Å². The molecule has 1 unspecified atom stereocenters. The van der Waals surface area contributed by atoms with E-state index in [1.165, 1.54) is 0 Å². The normalized spacial score (nSPS) is 13.7. The molecular weight excluding hydrogens is 216 g/mol. The van der Waals surface area contributed by atoms with E-state index in [2.05, 4.69) is 10.6 Å². The molecule has 0 aliphatic carbocycles. The minimum Gasteiger partial charge on any atom is -0.393 e. The smallest absolute Gasteiger partial charge is 0.314 e. The van der Waals surface area contributed by atoms with Crippen LogP contribution in [0.15, 0.2) is 12.2 Å². The molecule has 0 saturated carbocycles. The molecule has 0 spiro atoms. The van der Waals surface area contributed by atoms with Crippen LogP contribution in [0, 0.1) is 5.41 Å². The van der Waals surface area contributed by atoms with Crippen molar-refractivity contribution in [3.63, 3.8) is 0 Å². The molecule has 0 aliphatic rings. The van der Waals surface area contributed by atoms with Gasteiger partial charge in [0.2, 0.25) is 0 Å². The predicted octanol–water partition coefficient (Wildman–Crippen LogP) is 2.05. The highest BCUT2D eigenvalue weighted by molar-refractivity contribution is 5.73. The first-order valence-corrected chi connectivity index (χ1v) is 6.18. The van der Waals surface area contributed by atoms with E-state index in [4.69, 9.17) is 0 Å². The van der Waals surface area contributed by atoms with Crippen molar-refractivity contribution in [2.45, 2.75) is 46.6 Å². The summed E-state index contributed by atoms with van der Waals surface area (Å²) >= 11 is 0. The Labute approximate surface area is 104 Å². The van der Waals surface area contributed by atoms with E-state index in [0.29, 0.717) is 19.5 Å². The Hall–Kier alpha value is -1.03. The van der Waals surface area contributed by atoms with E-state index in [9.17, 15) is 9.90 Å². The number of nitrogens with one attached hydrogen (secondary N) is 2. The van der Waals surface area contributed by atoms with Crippen LogP contribution in [-0.4, -0.2) is 30.3 Å². The van der Waals surface area contributed by atoms with Gasteiger partial charge in [0, 0.05) is 13.1 Å². The number of urea groups is 1. The summed E-state index contributed by atoms with van der Waals surface area (Å²) in [6, 6.07) is -0.145. The average Bonchev–Trinajstić information content (AvgIpc) is 2.20. The highest BCUT2D eigenvalue weighted by Crippen LogP contribution is 2.20. The van der Waals surface area contributed by atoms with Crippen molar-refractivity contribution in [3.05, 3.63) is 12.2 Å². The Morgan fingerprint density at radius 2 is 2.06 bits per heavy atom. The fraction of sp³-hybridized carbons (Fsp3) is 0.769. The van der Waals surface area contributed by atoms with Crippen molar-refractivity contribution >= 4 is 6.03 Å². The topological polar surface area (TPSA) is 61.4 Å². The van der Waals surface area contributed by atoms with Gasteiger partial charge in [-0.05, 0) is 32.1 Å². The molecule has 0 aromatic rings. The van der Waals surface area contributed by atoms with Crippen LogP contribution in [0.25, 0.3) is 0 Å². The van der Waals surface area contributed by atoms with Gasteiger partial charge in [0.1, 0.15) is 0 Å². The fourth-order valence-electron chi connectivity index (χ4n) is 1.69. The number of amides is 2. The zero-order valence-electron chi connectivity index (χ0n) is 11.4. The Balaban J connectivity index is 3.75. The molecule has 0 rings (SSSR count). The number of carbonyl (C=O) groups excluding carboxylic acids is 1. The highest BCUT2D eigenvalue weighted by atomic mass is 16.3. The van der Waals surface area contributed by atoms with Crippen LogP contribution < -0.4 is 10.6 Å². The lowest BCUT2D eigenvalue weighted by Gasteiger charge is -2.26. The first-order valence-electron chi connectivity index (χ1n) is 6.18. The molecule has 0 saturated heterocycles. The van der Waals surface area contributed by atoms with Gasteiger partial charge in [-0.1, -0.05) is 26.0 Å². The van der Waals surface area contributed by atoms with Gasteiger partial charge in [-0.3, -0.25) is 0 Å². The van der Waals surface area contributed by atoms with Crippen LogP contribution in [0.4, 0.5) is 4.79 Å². The summed E-state index contributed by atoms with van der Waals surface area (Å²) in [5, 5.41) is 14.9. The van der Waals surface area contributed by atoms with Crippen LogP contribution in [0.2, 0.25) is 0 Å². The van der Waals surface area contributed by atoms with E-state index in [0.717, 1.165) is 6.42 Å². The van der Waals surface area contributed by atoms with Crippen molar-refractivity contribution in [2.75, 3.05) is 13.1 Å². The van der Waals surface area contributed by atoms with Gasteiger partial charge in [0.15, 0.2) is 0 Å². The number of carbonyl (C=O) groups is 1. The minimum atomic E-state index is -0.343. The van der Waals surface area contributed by atoms with Crippen molar-refractivity contribution in [2.24, 2.45) is 5.41 Å². The third-order valence-corrected chi connectivity index (χ3v) is 2.41. The summed E-state index contributed by atoms with van der Waals surface area (Å²) in [7, 11) is 0. The van der Waals surface area contributed by atoms with Gasteiger partial charge < -0.3 is 15.7 Å². The van der Waals surface area contributed by atoms with E-state index in [1.807, 2.05) is 32.9 Å². The van der Waals surface area contributed by atoms with E-state index >= 15 is 0 Å². The number of hydrogen-bond donors (Lipinski definition) is 3. The van der Waals surface area contributed by atoms with Crippen molar-refractivity contribution < 1.29 is 9.90 Å². The van der Waals surface area contributed by atoms with Crippen molar-refractivity contribution in [3.8, 4) is 0 Å². The molecule has 0 aromatic heterocycles. The molecule has 17 heavy (non-hydrogen) atoms. The van der Waals surface area contributed by atoms with Gasteiger partial charge >= 0.3 is 6.03 Å². The number of hydrogen-bond acceptors (Lipinski definition) is 2. The second kappa shape index (κ2) is 8.12. The molecule has 0 aliphatic heterocycles. The average molecular weight is 242 g/mol. The Morgan fingerprint density at radius 3 is 2.59 bits per heavy atom. The lowest BCUT2D eigenvalue weighted by atomic mass is 9.87. The van der Waals surface area contributed by atoms with Crippen LogP contribution >= 0.6 is 0 Å². The molecule has 0 bridgehead atoms. The first kappa shape index (κ1) is 16.0. The summed E-state index contributed by atoms with van der Waals surface area (Å²) in [5.41, 5.74) is -0.0885. The summed E-state index contributed by atoms with van der Waals surface area (Å²) < 4.78 is 0. The third-order valence-electron chi connectivity index (χ3n) is 2.41. The van der Waals surface area contributed by atoms with E-state index in [-0.39, 0.29) is 17.6 Å². The molecule has 0 radical (unpaired) electrons. The predicted molar refractivity (Wildman–Crippen MR) is 70.9 cm³/mol. The summed E-state index contributed by atoms with van der Waals surface area (Å²) in [5.74, 6) is 0. The maximum atomic E-state index is 11.4. The number of allylic oxidation sites excluding steroid dienone is 1. The zero-order chi connectivity index (χ0) is 13.3. The van der Waals surface area contributed by atoms with Crippen LogP contribution in [-0.2, 0) is 0 Å². The van der Waals surface area contributed by atoms with Gasteiger partial charge in [0.25, 0.3) is 0 Å². The lowest BCUT2D eigenvalue weighted by Crippen LogP contribution is -2.41. The largest absolute Gasteiger partial charge is 0.393 e. The quantitative estimate of drug-likeness (QED) is 0.472. The molecule has 4 heteroatoms. The maximum Gasteiger partial charge on any atom is 0.314 e. The molecule has 0 aromatic carbocycles. The summed E-state index contributed by atoms with van der Waals surface area (Å²) in [4.78, 5) is 11.4. The van der Waals surface area contributed by atoms with E-state index in [1.54, 1.807) is 6.92 Å². The fourth-order valence-corrected chi connectivity index (χ4v) is 1.69. The van der Waals surface area contributed by atoms with Gasteiger partial charge in [-0.2, -0.15) is 0 Å². The molecule has 2 amide bonds. The Bertz CT molecular complexity index is 248. The maximum absolute atomic E-state index is 11.4. The second-order valence-electron chi connectivity index (χ2n) is 5.18. The molecule has 0 heterocycles. The third kappa shape index (κ3) is 9.87. The Kier molecular flexibility index (Phi) is 7.63. The highest BCUT2D eigenvalue weighted by Gasteiger charge is 2.20. The van der Waals surface area contributed by atoms with Crippen molar-refractivity contribution in [1.29, 1.82) is 0 Å². The molecule has 100 valence electrons. The van der Waals surface area contributed by atoms with Crippen LogP contribution in [0.5, 0.6) is 0 Å². The van der Waals surface area contributed by atoms with Crippen LogP contribution in [0.1, 0.15) is 40.5 Å². The standard InChI is InChI=1S/C13H26N2O2/c1-5-6-7-8-14-12(17)15-10-13(3,4)9-11(2)16/h5-6,11,16H,7-10H2,1-4H3,(H2,14,15,17)/b6-5+. The van der Waals surface area contributed by atoms with Crippen molar-refractivity contribution in [1.82, 2.24) is 10.6 Å². The lowest BCUT2D eigenvalue weighted by molar-refractivity contribution is 0.129. The van der Waals surface area contributed by atoms with Crippen LogP contribution in [0.3, 0.4) is 0 Å². The SMILES string of the molecule is C/C=C/CCNC(=O)NCC(C)(C)CC(C)O. The number of rotatable bonds is 7. The summed E-state index contributed by atoms with van der Waals surface area (Å²) in [6.07, 6.45) is 5.15. The molecule has 4 nitrogen and oxygen atoms in total. The molecule has 0 fully saturated rings. The van der Waals surface area contributed by atoms with E-state index < -0.39 is 0 Å². The minimum absolute atomic E-state index is 0.0885. The first-order chi connectivity index (χ1) is 7.87. The second-order valence-corrected chi connectivity index (χ2v) is 5.18. The zero-order valence-corrected chi connectivity index (χ0v) is 11.4.